The predicted octanol–water partition coefficient (Wildman–Crippen LogP) is 3.46. The van der Waals surface area contributed by atoms with Crippen LogP contribution in [0.15, 0.2) is 18.2 Å². The molecule has 2 nitrogen and oxygen atoms in total. The Hall–Kier alpha value is -0.730. The van der Waals surface area contributed by atoms with Crippen molar-refractivity contribution < 1.29 is 5.11 Å². The van der Waals surface area contributed by atoms with E-state index < -0.39 is 0 Å². The van der Waals surface area contributed by atoms with Crippen LogP contribution in [0.3, 0.4) is 0 Å². The van der Waals surface area contributed by atoms with E-state index in [4.69, 9.17) is 11.6 Å². The lowest BCUT2D eigenvalue weighted by Gasteiger charge is -2.39. The first-order valence-corrected chi connectivity index (χ1v) is 6.65. The van der Waals surface area contributed by atoms with E-state index in [1.54, 1.807) is 0 Å². The van der Waals surface area contributed by atoms with Gasteiger partial charge in [0.05, 0.1) is 6.61 Å². The summed E-state index contributed by atoms with van der Waals surface area (Å²) in [6, 6.07) is 6.34. The van der Waals surface area contributed by atoms with E-state index in [2.05, 4.69) is 18.7 Å². The highest BCUT2D eigenvalue weighted by Gasteiger charge is 2.24. The second kappa shape index (κ2) is 5.28. The molecule has 2 atom stereocenters. The summed E-state index contributed by atoms with van der Waals surface area (Å²) in [6.45, 7) is 5.65. The molecule has 0 aliphatic carbocycles. The summed E-state index contributed by atoms with van der Waals surface area (Å²) in [5, 5.41) is 10.1. The van der Waals surface area contributed by atoms with E-state index in [1.807, 2.05) is 18.2 Å². The first kappa shape index (κ1) is 12.7. The Balaban J connectivity index is 2.31. The van der Waals surface area contributed by atoms with Crippen LogP contribution in [0.4, 0.5) is 5.69 Å². The maximum absolute atomic E-state index is 9.44. The lowest BCUT2D eigenvalue weighted by Crippen LogP contribution is -2.41. The van der Waals surface area contributed by atoms with Crippen LogP contribution in [-0.2, 0) is 6.61 Å². The summed E-state index contributed by atoms with van der Waals surface area (Å²) in [4.78, 5) is 2.40. The molecule has 1 saturated heterocycles. The van der Waals surface area contributed by atoms with E-state index in [1.165, 1.54) is 12.8 Å². The third-order valence-corrected chi connectivity index (χ3v) is 3.87. The second-order valence-corrected chi connectivity index (χ2v) is 5.55. The molecular weight excluding hydrogens is 234 g/mol. The van der Waals surface area contributed by atoms with Crippen molar-refractivity contribution in [3.05, 3.63) is 28.8 Å². The molecule has 0 spiro atoms. The molecule has 0 aromatic heterocycles. The average Bonchev–Trinajstić information content (AvgIpc) is 2.32. The Morgan fingerprint density at radius 2 is 2.12 bits per heavy atom. The van der Waals surface area contributed by atoms with Crippen LogP contribution in [0.2, 0.25) is 5.02 Å². The molecule has 3 heteroatoms. The Morgan fingerprint density at radius 1 is 1.35 bits per heavy atom. The minimum Gasteiger partial charge on any atom is -0.392 e. The Labute approximate surface area is 108 Å². The van der Waals surface area contributed by atoms with Crippen LogP contribution in [-0.4, -0.2) is 17.7 Å². The quantitative estimate of drug-likeness (QED) is 0.873. The minimum absolute atomic E-state index is 0.0491. The maximum atomic E-state index is 9.44. The molecule has 0 amide bonds. The molecule has 1 N–H and O–H groups in total. The van der Waals surface area contributed by atoms with E-state index >= 15 is 0 Å². The molecule has 2 unspecified atom stereocenters. The number of aliphatic hydroxyl groups is 1. The molecule has 0 radical (unpaired) electrons. The summed E-state index contributed by atoms with van der Waals surface area (Å²) < 4.78 is 0. The summed E-state index contributed by atoms with van der Waals surface area (Å²) in [5.41, 5.74) is 2.06. The van der Waals surface area contributed by atoms with Crippen molar-refractivity contribution in [2.45, 2.75) is 39.3 Å². The molecule has 1 aromatic rings. The largest absolute Gasteiger partial charge is 0.392 e. The van der Waals surface area contributed by atoms with E-state index in [0.29, 0.717) is 17.0 Å². The lowest BCUT2D eigenvalue weighted by atomic mass is 9.94. The third-order valence-electron chi connectivity index (χ3n) is 3.64. The number of hydrogen-bond acceptors (Lipinski definition) is 2. The number of rotatable bonds is 2. The summed E-state index contributed by atoms with van der Waals surface area (Å²) in [5.74, 6) is 0.716. The number of benzene rings is 1. The molecular formula is C14H20ClNO. The van der Waals surface area contributed by atoms with Gasteiger partial charge in [0.15, 0.2) is 0 Å². The minimum atomic E-state index is 0.0491. The third kappa shape index (κ3) is 2.75. The number of aliphatic hydroxyl groups excluding tert-OH is 1. The zero-order valence-corrected chi connectivity index (χ0v) is 11.2. The number of hydrogen-bond donors (Lipinski definition) is 1. The van der Waals surface area contributed by atoms with Gasteiger partial charge in [-0.05, 0) is 43.9 Å². The molecule has 2 rings (SSSR count). The highest BCUT2D eigenvalue weighted by Crippen LogP contribution is 2.31. The van der Waals surface area contributed by atoms with Gasteiger partial charge in [-0.3, -0.25) is 0 Å². The molecule has 1 aromatic carbocycles. The molecule has 17 heavy (non-hydrogen) atoms. The zero-order chi connectivity index (χ0) is 12.4. The highest BCUT2D eigenvalue weighted by atomic mass is 35.5. The Bertz CT molecular complexity index is 394. The highest BCUT2D eigenvalue weighted by molar-refractivity contribution is 6.30. The summed E-state index contributed by atoms with van der Waals surface area (Å²) in [6.07, 6.45) is 2.51. The number of halogens is 1. The number of piperidine rings is 1. The standard InChI is InChI=1S/C14H20ClNO/c1-10-3-4-11(2)16(8-10)14-6-5-13(15)7-12(14)9-17/h5-7,10-11,17H,3-4,8-9H2,1-2H3. The molecule has 0 saturated carbocycles. The maximum Gasteiger partial charge on any atom is 0.0702 e. The molecule has 1 heterocycles. The van der Waals surface area contributed by atoms with Crippen LogP contribution in [0, 0.1) is 5.92 Å². The fraction of sp³-hybridized carbons (Fsp3) is 0.571. The first-order valence-electron chi connectivity index (χ1n) is 6.27. The van der Waals surface area contributed by atoms with Crippen molar-refractivity contribution in [1.82, 2.24) is 0 Å². The van der Waals surface area contributed by atoms with Crippen LogP contribution < -0.4 is 4.90 Å². The van der Waals surface area contributed by atoms with Crippen molar-refractivity contribution >= 4 is 17.3 Å². The van der Waals surface area contributed by atoms with E-state index in [9.17, 15) is 5.11 Å². The summed E-state index contributed by atoms with van der Waals surface area (Å²) in [7, 11) is 0. The van der Waals surface area contributed by atoms with Crippen molar-refractivity contribution in [2.75, 3.05) is 11.4 Å². The van der Waals surface area contributed by atoms with Gasteiger partial charge in [0.25, 0.3) is 0 Å². The fourth-order valence-electron chi connectivity index (χ4n) is 2.59. The predicted molar refractivity (Wildman–Crippen MR) is 72.6 cm³/mol. The zero-order valence-electron chi connectivity index (χ0n) is 10.5. The topological polar surface area (TPSA) is 23.5 Å². The van der Waals surface area contributed by atoms with Crippen LogP contribution in [0.1, 0.15) is 32.3 Å². The van der Waals surface area contributed by atoms with Gasteiger partial charge < -0.3 is 10.0 Å². The number of nitrogens with zero attached hydrogens (tertiary/aromatic N) is 1. The molecule has 1 aliphatic heterocycles. The monoisotopic (exact) mass is 253 g/mol. The van der Waals surface area contributed by atoms with Crippen LogP contribution >= 0.6 is 11.6 Å². The van der Waals surface area contributed by atoms with E-state index in [0.717, 1.165) is 17.8 Å². The van der Waals surface area contributed by atoms with Crippen molar-refractivity contribution in [3.63, 3.8) is 0 Å². The number of anilines is 1. The van der Waals surface area contributed by atoms with Gasteiger partial charge in [-0.15, -0.1) is 0 Å². The molecule has 1 aliphatic rings. The van der Waals surface area contributed by atoms with Crippen LogP contribution in [0.5, 0.6) is 0 Å². The van der Waals surface area contributed by atoms with E-state index in [-0.39, 0.29) is 6.61 Å². The van der Waals surface area contributed by atoms with Gasteiger partial charge in [-0.2, -0.15) is 0 Å². The van der Waals surface area contributed by atoms with Gasteiger partial charge >= 0.3 is 0 Å². The van der Waals surface area contributed by atoms with Crippen molar-refractivity contribution in [3.8, 4) is 0 Å². The average molecular weight is 254 g/mol. The van der Waals surface area contributed by atoms with Gasteiger partial charge in [0, 0.05) is 28.9 Å². The normalized spacial score (nSPS) is 25.1. The first-order chi connectivity index (χ1) is 8.11. The summed E-state index contributed by atoms with van der Waals surface area (Å²) >= 11 is 5.97. The lowest BCUT2D eigenvalue weighted by molar-refractivity contribution is 0.281. The molecule has 94 valence electrons. The molecule has 0 bridgehead atoms. The van der Waals surface area contributed by atoms with Gasteiger partial charge in [-0.1, -0.05) is 18.5 Å². The van der Waals surface area contributed by atoms with Gasteiger partial charge in [-0.25, -0.2) is 0 Å². The SMILES string of the molecule is CC1CCC(C)N(c2ccc(Cl)cc2CO)C1. The second-order valence-electron chi connectivity index (χ2n) is 5.12. The fourth-order valence-corrected chi connectivity index (χ4v) is 2.78. The Morgan fingerprint density at radius 3 is 2.82 bits per heavy atom. The van der Waals surface area contributed by atoms with Gasteiger partial charge in [0.2, 0.25) is 0 Å². The van der Waals surface area contributed by atoms with Gasteiger partial charge in [0.1, 0.15) is 0 Å². The van der Waals surface area contributed by atoms with Crippen molar-refractivity contribution in [1.29, 1.82) is 0 Å². The Kier molecular flexibility index (Phi) is 3.95. The molecule has 1 fully saturated rings. The van der Waals surface area contributed by atoms with Crippen molar-refractivity contribution in [2.24, 2.45) is 5.92 Å². The van der Waals surface area contributed by atoms with Crippen LogP contribution in [0.25, 0.3) is 0 Å². The smallest absolute Gasteiger partial charge is 0.0702 e.